The van der Waals surface area contributed by atoms with Gasteiger partial charge in [0.05, 0.1) is 16.7 Å². The largest absolute Gasteiger partial charge is 0.420 e. The van der Waals surface area contributed by atoms with Gasteiger partial charge in [-0.25, -0.2) is 4.98 Å². The normalized spacial score (nSPS) is 18.1. The van der Waals surface area contributed by atoms with E-state index in [0.29, 0.717) is 58.8 Å². The molecule has 35 heavy (non-hydrogen) atoms. The fourth-order valence-electron chi connectivity index (χ4n) is 4.69. The minimum atomic E-state index is -0.116. The number of rotatable bonds is 9. The number of nitrogens with one attached hydrogen (secondary N) is 1. The summed E-state index contributed by atoms with van der Waals surface area (Å²) in [5.74, 6) is 4.27. The molecule has 8 heteroatoms. The van der Waals surface area contributed by atoms with Gasteiger partial charge in [0.15, 0.2) is 0 Å². The highest BCUT2D eigenvalue weighted by molar-refractivity contribution is 7.98. The van der Waals surface area contributed by atoms with Crippen LogP contribution in [0.2, 0.25) is 0 Å². The second-order valence-electron chi connectivity index (χ2n) is 9.10. The molecule has 0 aliphatic heterocycles. The molecule has 1 N–H and O–H groups in total. The van der Waals surface area contributed by atoms with Gasteiger partial charge in [-0.15, -0.1) is 10.2 Å². The number of benzene rings is 2. The molecule has 1 saturated carbocycles. The highest BCUT2D eigenvalue weighted by Gasteiger charge is 2.27. The second kappa shape index (κ2) is 11.0. The van der Waals surface area contributed by atoms with Crippen LogP contribution in [0.5, 0.6) is 0 Å². The van der Waals surface area contributed by atoms with Crippen LogP contribution in [-0.2, 0) is 10.5 Å². The van der Waals surface area contributed by atoms with Crippen LogP contribution >= 0.6 is 11.8 Å². The van der Waals surface area contributed by atoms with E-state index >= 15 is 0 Å². The average molecular weight is 489 g/mol. The zero-order valence-electron chi connectivity index (χ0n) is 19.5. The summed E-state index contributed by atoms with van der Waals surface area (Å²) in [6.07, 6.45) is 5.15. The van der Waals surface area contributed by atoms with Crippen molar-refractivity contribution in [3.63, 3.8) is 0 Å². The molecule has 1 aliphatic carbocycles. The molecule has 0 radical (unpaired) electrons. The number of ketones is 1. The molecule has 2 heterocycles. The monoisotopic (exact) mass is 488 g/mol. The Morgan fingerprint density at radius 1 is 1.00 bits per heavy atom. The number of hydrogen-bond acceptors (Lipinski definition) is 7. The number of para-hydroxylation sites is 1. The maximum atomic E-state index is 12.5. The SMILES string of the molecule is O=C(CCSCc1nc2ccccc2c(=O)[nH]1)CC1CCC(c2nnc(-c3ccccc3)o2)CC1. The number of carbonyl (C=O) groups is 1. The molecule has 180 valence electrons. The van der Waals surface area contributed by atoms with E-state index in [2.05, 4.69) is 20.2 Å². The third-order valence-electron chi connectivity index (χ3n) is 6.60. The Morgan fingerprint density at radius 2 is 1.77 bits per heavy atom. The molecule has 5 rings (SSSR count). The summed E-state index contributed by atoms with van der Waals surface area (Å²) in [4.78, 5) is 32.1. The molecule has 1 aliphatic rings. The van der Waals surface area contributed by atoms with Gasteiger partial charge in [0.25, 0.3) is 5.56 Å². The third kappa shape index (κ3) is 5.88. The smallest absolute Gasteiger partial charge is 0.258 e. The van der Waals surface area contributed by atoms with Crippen LogP contribution in [0.25, 0.3) is 22.4 Å². The fourth-order valence-corrected chi connectivity index (χ4v) is 5.54. The van der Waals surface area contributed by atoms with E-state index in [1.54, 1.807) is 17.8 Å². The number of thioether (sulfide) groups is 1. The lowest BCUT2D eigenvalue weighted by atomic mass is 9.79. The lowest BCUT2D eigenvalue weighted by Gasteiger charge is -2.26. The zero-order chi connectivity index (χ0) is 24.0. The van der Waals surface area contributed by atoms with Crippen LogP contribution in [0.15, 0.2) is 63.8 Å². The van der Waals surface area contributed by atoms with Gasteiger partial charge in [0, 0.05) is 30.1 Å². The topological polar surface area (TPSA) is 102 Å². The number of H-pyrrole nitrogens is 1. The van der Waals surface area contributed by atoms with Crippen molar-refractivity contribution >= 4 is 28.4 Å². The second-order valence-corrected chi connectivity index (χ2v) is 10.2. The van der Waals surface area contributed by atoms with Gasteiger partial charge >= 0.3 is 0 Å². The van der Waals surface area contributed by atoms with Gasteiger partial charge in [-0.1, -0.05) is 30.3 Å². The van der Waals surface area contributed by atoms with Crippen molar-refractivity contribution < 1.29 is 9.21 Å². The summed E-state index contributed by atoms with van der Waals surface area (Å²) < 4.78 is 5.94. The summed E-state index contributed by atoms with van der Waals surface area (Å²) >= 11 is 1.63. The highest BCUT2D eigenvalue weighted by Crippen LogP contribution is 2.37. The zero-order valence-corrected chi connectivity index (χ0v) is 20.3. The number of Topliss-reactive ketones (excluding diaryl/α,β-unsaturated/α-hetero) is 1. The van der Waals surface area contributed by atoms with Gasteiger partial charge < -0.3 is 9.40 Å². The summed E-state index contributed by atoms with van der Waals surface area (Å²) in [6, 6.07) is 17.1. The maximum Gasteiger partial charge on any atom is 0.258 e. The summed E-state index contributed by atoms with van der Waals surface area (Å²) in [5, 5.41) is 9.10. The van der Waals surface area contributed by atoms with E-state index in [9.17, 15) is 9.59 Å². The van der Waals surface area contributed by atoms with Crippen LogP contribution in [0.4, 0.5) is 0 Å². The molecular formula is C27H28N4O3S. The first kappa shape index (κ1) is 23.5. The average Bonchev–Trinajstić information content (AvgIpc) is 3.38. The molecule has 0 bridgehead atoms. The van der Waals surface area contributed by atoms with Crippen molar-refractivity contribution in [3.05, 3.63) is 76.7 Å². The Hall–Kier alpha value is -3.26. The van der Waals surface area contributed by atoms with Crippen molar-refractivity contribution in [2.75, 3.05) is 5.75 Å². The Balaban J connectivity index is 1.03. The van der Waals surface area contributed by atoms with Crippen molar-refractivity contribution in [1.82, 2.24) is 20.2 Å². The van der Waals surface area contributed by atoms with E-state index < -0.39 is 0 Å². The summed E-state index contributed by atoms with van der Waals surface area (Å²) in [5.41, 5.74) is 1.52. The molecule has 0 spiro atoms. The number of aromatic amines is 1. The van der Waals surface area contributed by atoms with Gasteiger partial charge in [-0.05, 0) is 55.9 Å². The summed E-state index contributed by atoms with van der Waals surface area (Å²) in [6.45, 7) is 0. The van der Waals surface area contributed by atoms with Crippen LogP contribution in [0.3, 0.4) is 0 Å². The predicted octanol–water partition coefficient (Wildman–Crippen LogP) is 5.53. The van der Waals surface area contributed by atoms with Crippen molar-refractivity contribution in [1.29, 1.82) is 0 Å². The van der Waals surface area contributed by atoms with Crippen LogP contribution in [-0.4, -0.2) is 31.7 Å². The third-order valence-corrected chi connectivity index (χ3v) is 7.57. The fraction of sp³-hybridized carbons (Fsp3) is 0.370. The maximum absolute atomic E-state index is 12.5. The molecule has 0 amide bonds. The molecular weight excluding hydrogens is 460 g/mol. The molecule has 4 aromatic rings. The van der Waals surface area contributed by atoms with Crippen molar-refractivity contribution in [2.45, 2.75) is 50.2 Å². The lowest BCUT2D eigenvalue weighted by Crippen LogP contribution is -2.17. The Labute approximate surface area is 207 Å². The quantitative estimate of drug-likeness (QED) is 0.309. The standard InChI is InChI=1S/C27H28N4O3S/c32-21(14-15-35-17-24-28-23-9-5-4-8-22(23)25(33)29-24)16-18-10-12-20(13-11-18)27-31-30-26(34-27)19-6-2-1-3-7-19/h1-9,18,20H,10-17H2,(H,28,29,33). The van der Waals surface area contributed by atoms with E-state index in [1.807, 2.05) is 48.5 Å². The first-order chi connectivity index (χ1) is 17.2. The Kier molecular flexibility index (Phi) is 7.37. The van der Waals surface area contributed by atoms with Crippen LogP contribution < -0.4 is 5.56 Å². The number of hydrogen-bond donors (Lipinski definition) is 1. The Bertz CT molecular complexity index is 1340. The number of carbonyl (C=O) groups excluding carboxylic acids is 1. The predicted molar refractivity (Wildman–Crippen MR) is 137 cm³/mol. The van der Waals surface area contributed by atoms with E-state index in [1.165, 1.54) is 0 Å². The number of fused-ring (bicyclic) bond motifs is 1. The highest BCUT2D eigenvalue weighted by atomic mass is 32.2. The van der Waals surface area contributed by atoms with E-state index in [4.69, 9.17) is 4.42 Å². The molecule has 7 nitrogen and oxygen atoms in total. The Morgan fingerprint density at radius 3 is 2.60 bits per heavy atom. The van der Waals surface area contributed by atoms with Gasteiger partial charge in [-0.2, -0.15) is 11.8 Å². The molecule has 2 aromatic carbocycles. The summed E-state index contributed by atoms with van der Waals surface area (Å²) in [7, 11) is 0. The molecule has 2 aromatic heterocycles. The molecule has 1 fully saturated rings. The molecule has 0 saturated heterocycles. The van der Waals surface area contributed by atoms with E-state index in [-0.39, 0.29) is 11.5 Å². The minimum Gasteiger partial charge on any atom is -0.420 e. The van der Waals surface area contributed by atoms with Crippen LogP contribution in [0, 0.1) is 5.92 Å². The van der Waals surface area contributed by atoms with Gasteiger partial charge in [-0.3, -0.25) is 9.59 Å². The number of aromatic nitrogens is 4. The minimum absolute atomic E-state index is 0.116. The molecule has 0 atom stereocenters. The van der Waals surface area contributed by atoms with E-state index in [0.717, 1.165) is 37.0 Å². The lowest BCUT2D eigenvalue weighted by molar-refractivity contribution is -0.119. The first-order valence-electron chi connectivity index (χ1n) is 12.1. The van der Waals surface area contributed by atoms with Gasteiger partial charge in [0.1, 0.15) is 11.6 Å². The van der Waals surface area contributed by atoms with Crippen molar-refractivity contribution in [2.24, 2.45) is 5.92 Å². The van der Waals surface area contributed by atoms with Gasteiger partial charge in [0.2, 0.25) is 11.8 Å². The van der Waals surface area contributed by atoms with Crippen LogP contribution in [0.1, 0.15) is 56.2 Å². The van der Waals surface area contributed by atoms with Crippen molar-refractivity contribution in [3.8, 4) is 11.5 Å². The number of nitrogens with zero attached hydrogens (tertiary/aromatic N) is 3. The first-order valence-corrected chi connectivity index (χ1v) is 13.3. The molecule has 0 unspecified atom stereocenters.